The summed E-state index contributed by atoms with van der Waals surface area (Å²) in [6.07, 6.45) is 7.55. The maximum atomic E-state index is 11.1. The number of hydrogen-bond acceptors (Lipinski definition) is 2. The molecule has 0 aromatic rings. The van der Waals surface area contributed by atoms with Crippen LogP contribution in [-0.4, -0.2) is 18.0 Å². The van der Waals surface area contributed by atoms with Gasteiger partial charge in [-0.1, -0.05) is 0 Å². The zero-order valence-corrected chi connectivity index (χ0v) is 7.17. The molecule has 1 aliphatic heterocycles. The maximum absolute atomic E-state index is 11.1. The molecule has 2 heteroatoms. The molecule has 12 heavy (non-hydrogen) atoms. The van der Waals surface area contributed by atoms with Gasteiger partial charge in [-0.15, -0.1) is 0 Å². The molecule has 1 heterocycles. The summed E-state index contributed by atoms with van der Waals surface area (Å²) in [5.41, 5.74) is 0.567. The summed E-state index contributed by atoms with van der Waals surface area (Å²) in [7, 11) is 0. The molecule has 1 unspecified atom stereocenters. The number of ketones is 1. The molecule has 0 saturated carbocycles. The predicted molar refractivity (Wildman–Crippen MR) is 45.8 cm³/mol. The Hall–Kier alpha value is -0.890. The van der Waals surface area contributed by atoms with Crippen LogP contribution in [0, 0.1) is 0 Å². The molecule has 0 radical (unpaired) electrons. The highest BCUT2D eigenvalue weighted by atomic mass is 16.5. The number of carbonyl (C=O) groups is 1. The molecule has 1 spiro atoms. The van der Waals surface area contributed by atoms with Crippen molar-refractivity contribution in [2.75, 3.05) is 6.61 Å². The van der Waals surface area contributed by atoms with Crippen LogP contribution in [-0.2, 0) is 9.53 Å². The largest absolute Gasteiger partial charge is 0.367 e. The van der Waals surface area contributed by atoms with Crippen LogP contribution in [0.3, 0.4) is 0 Å². The van der Waals surface area contributed by atoms with E-state index in [1.165, 1.54) is 0 Å². The van der Waals surface area contributed by atoms with Crippen molar-refractivity contribution in [3.63, 3.8) is 0 Å². The summed E-state index contributed by atoms with van der Waals surface area (Å²) in [5, 5.41) is 0. The minimum Gasteiger partial charge on any atom is -0.367 e. The van der Waals surface area contributed by atoms with Crippen LogP contribution in [0.1, 0.15) is 19.8 Å². The fourth-order valence-corrected chi connectivity index (χ4v) is 1.76. The van der Waals surface area contributed by atoms with Crippen molar-refractivity contribution in [1.29, 1.82) is 0 Å². The van der Waals surface area contributed by atoms with Gasteiger partial charge in [0.1, 0.15) is 5.60 Å². The van der Waals surface area contributed by atoms with Gasteiger partial charge in [0, 0.05) is 6.61 Å². The first-order chi connectivity index (χ1) is 5.72. The molecule has 0 N–H and O–H groups in total. The Labute approximate surface area is 71.9 Å². The number of carbonyl (C=O) groups excluding carboxylic acids is 1. The van der Waals surface area contributed by atoms with Gasteiger partial charge in [-0.25, -0.2) is 0 Å². The Kier molecular flexibility index (Phi) is 1.65. The molecule has 1 saturated heterocycles. The molecule has 0 aromatic heterocycles. The second-order valence-electron chi connectivity index (χ2n) is 3.43. The van der Waals surface area contributed by atoms with E-state index in [4.69, 9.17) is 4.74 Å². The summed E-state index contributed by atoms with van der Waals surface area (Å²) in [6, 6.07) is 0. The lowest BCUT2D eigenvalue weighted by molar-refractivity contribution is -0.111. The molecule has 1 atom stereocenters. The van der Waals surface area contributed by atoms with E-state index in [0.29, 0.717) is 0 Å². The highest BCUT2D eigenvalue weighted by Crippen LogP contribution is 2.32. The second kappa shape index (κ2) is 2.56. The Morgan fingerprint density at radius 2 is 2.42 bits per heavy atom. The van der Waals surface area contributed by atoms with Gasteiger partial charge in [0.15, 0.2) is 5.78 Å². The minimum atomic E-state index is -0.238. The van der Waals surface area contributed by atoms with E-state index in [0.717, 1.165) is 25.0 Å². The number of allylic oxidation sites excluding steroid dienone is 2. The van der Waals surface area contributed by atoms with Crippen LogP contribution in [0.4, 0.5) is 0 Å². The van der Waals surface area contributed by atoms with Gasteiger partial charge in [0.2, 0.25) is 0 Å². The van der Waals surface area contributed by atoms with Gasteiger partial charge in [-0.3, -0.25) is 4.79 Å². The third-order valence-corrected chi connectivity index (χ3v) is 2.45. The average molecular weight is 164 g/mol. The zero-order valence-electron chi connectivity index (χ0n) is 7.17. The van der Waals surface area contributed by atoms with E-state index in [-0.39, 0.29) is 11.4 Å². The predicted octanol–water partition coefficient (Wildman–Crippen LogP) is 1.62. The van der Waals surface area contributed by atoms with E-state index in [2.05, 4.69) is 0 Å². The Balaban J connectivity index is 2.30. The van der Waals surface area contributed by atoms with Crippen molar-refractivity contribution in [3.8, 4) is 0 Å². The number of rotatable bonds is 0. The maximum Gasteiger partial charge on any atom is 0.181 e. The molecule has 2 rings (SSSR count). The Bertz CT molecular complexity index is 268. The normalized spacial score (nSPS) is 34.4. The van der Waals surface area contributed by atoms with Crippen LogP contribution in [0.2, 0.25) is 0 Å². The van der Waals surface area contributed by atoms with Crippen molar-refractivity contribution >= 4 is 5.78 Å². The standard InChI is InChI=1S/C10H12O2/c1-8-7-10(4-2-6-12-10)5-3-9(8)11/h3,5,7H,2,4,6H2,1H3. The molecule has 1 aliphatic carbocycles. The van der Waals surface area contributed by atoms with Crippen LogP contribution >= 0.6 is 0 Å². The van der Waals surface area contributed by atoms with Crippen LogP contribution in [0.25, 0.3) is 0 Å². The van der Waals surface area contributed by atoms with E-state index < -0.39 is 0 Å². The molecule has 2 aliphatic rings. The highest BCUT2D eigenvalue weighted by molar-refractivity contribution is 6.04. The molecule has 0 bridgehead atoms. The Morgan fingerprint density at radius 1 is 1.58 bits per heavy atom. The van der Waals surface area contributed by atoms with Gasteiger partial charge in [0.05, 0.1) is 0 Å². The summed E-state index contributed by atoms with van der Waals surface area (Å²) >= 11 is 0. The van der Waals surface area contributed by atoms with Crippen LogP contribution in [0.5, 0.6) is 0 Å². The lowest BCUT2D eigenvalue weighted by Crippen LogP contribution is -2.26. The topological polar surface area (TPSA) is 26.3 Å². The molecule has 0 amide bonds. The lowest BCUT2D eigenvalue weighted by Gasteiger charge is -2.23. The Morgan fingerprint density at radius 3 is 3.00 bits per heavy atom. The number of hydrogen-bond donors (Lipinski definition) is 0. The second-order valence-corrected chi connectivity index (χ2v) is 3.43. The SMILES string of the molecule is CC1=CC2(C=CC1=O)CCCO2. The summed E-state index contributed by atoms with van der Waals surface area (Å²) < 4.78 is 5.58. The van der Waals surface area contributed by atoms with Gasteiger partial charge < -0.3 is 4.74 Å². The van der Waals surface area contributed by atoms with Crippen molar-refractivity contribution in [1.82, 2.24) is 0 Å². The van der Waals surface area contributed by atoms with E-state index in [9.17, 15) is 4.79 Å². The summed E-state index contributed by atoms with van der Waals surface area (Å²) in [5.74, 6) is 0.108. The fraction of sp³-hybridized carbons (Fsp3) is 0.500. The lowest BCUT2D eigenvalue weighted by atomic mass is 9.91. The molecule has 2 nitrogen and oxygen atoms in total. The van der Waals surface area contributed by atoms with Crippen molar-refractivity contribution in [2.45, 2.75) is 25.4 Å². The third-order valence-electron chi connectivity index (χ3n) is 2.45. The quantitative estimate of drug-likeness (QED) is 0.543. The first kappa shape index (κ1) is 7.74. The zero-order chi connectivity index (χ0) is 8.60. The van der Waals surface area contributed by atoms with Crippen molar-refractivity contribution in [2.24, 2.45) is 0 Å². The number of ether oxygens (including phenoxy) is 1. The van der Waals surface area contributed by atoms with E-state index in [1.54, 1.807) is 6.08 Å². The molecule has 1 fully saturated rings. The van der Waals surface area contributed by atoms with E-state index >= 15 is 0 Å². The van der Waals surface area contributed by atoms with Crippen LogP contribution in [0.15, 0.2) is 23.8 Å². The van der Waals surface area contributed by atoms with Gasteiger partial charge in [-0.05, 0) is 43.6 Å². The van der Waals surface area contributed by atoms with Gasteiger partial charge in [0.25, 0.3) is 0 Å². The minimum absolute atomic E-state index is 0.108. The van der Waals surface area contributed by atoms with Crippen molar-refractivity contribution < 1.29 is 9.53 Å². The third kappa shape index (κ3) is 1.12. The summed E-state index contributed by atoms with van der Waals surface area (Å²) in [4.78, 5) is 11.1. The first-order valence-electron chi connectivity index (χ1n) is 4.29. The monoisotopic (exact) mass is 164 g/mol. The van der Waals surface area contributed by atoms with Crippen molar-refractivity contribution in [3.05, 3.63) is 23.8 Å². The van der Waals surface area contributed by atoms with E-state index in [1.807, 2.05) is 19.1 Å². The van der Waals surface area contributed by atoms with Gasteiger partial charge in [-0.2, -0.15) is 0 Å². The smallest absolute Gasteiger partial charge is 0.181 e. The fourth-order valence-electron chi connectivity index (χ4n) is 1.76. The highest BCUT2D eigenvalue weighted by Gasteiger charge is 2.32. The van der Waals surface area contributed by atoms with Crippen LogP contribution < -0.4 is 0 Å². The first-order valence-corrected chi connectivity index (χ1v) is 4.29. The molecule has 0 aromatic carbocycles. The molecular weight excluding hydrogens is 152 g/mol. The van der Waals surface area contributed by atoms with Gasteiger partial charge >= 0.3 is 0 Å². The molecule has 64 valence electrons. The molecular formula is C10H12O2. The average Bonchev–Trinajstić information content (AvgIpc) is 2.47. The summed E-state index contributed by atoms with van der Waals surface area (Å²) in [6.45, 7) is 2.65.